The Hall–Kier alpha value is -3.02. The third kappa shape index (κ3) is 3.48. The molecular formula is C18H16FN3O2. The van der Waals surface area contributed by atoms with E-state index < -0.39 is 11.9 Å². The Labute approximate surface area is 138 Å². The first-order valence-electron chi connectivity index (χ1n) is 7.53. The zero-order chi connectivity index (χ0) is 17.1. The van der Waals surface area contributed by atoms with Gasteiger partial charge in [0.2, 0.25) is 11.9 Å². The van der Waals surface area contributed by atoms with Gasteiger partial charge in [-0.15, -0.1) is 0 Å². The second-order valence-electron chi connectivity index (χ2n) is 5.59. The first-order valence-corrected chi connectivity index (χ1v) is 7.53. The van der Waals surface area contributed by atoms with Crippen molar-refractivity contribution in [3.8, 4) is 0 Å². The molecule has 0 aliphatic carbocycles. The molecule has 5 nitrogen and oxygen atoms in total. The first kappa shape index (κ1) is 15.9. The molecule has 0 spiro atoms. The first-order chi connectivity index (χ1) is 11.5. The van der Waals surface area contributed by atoms with Gasteiger partial charge in [0, 0.05) is 11.1 Å². The molecule has 1 aliphatic rings. The van der Waals surface area contributed by atoms with E-state index >= 15 is 0 Å². The largest absolute Gasteiger partial charge is 0.296 e. The maximum atomic E-state index is 13.9. The fourth-order valence-electron chi connectivity index (χ4n) is 2.47. The number of nitrogens with zero attached hydrogens (tertiary/aromatic N) is 1. The van der Waals surface area contributed by atoms with Crippen LogP contribution in [0.2, 0.25) is 0 Å². The van der Waals surface area contributed by atoms with Gasteiger partial charge in [0.05, 0.1) is 12.5 Å². The lowest BCUT2D eigenvalue weighted by molar-refractivity contribution is -0.120. The van der Waals surface area contributed by atoms with Crippen molar-refractivity contribution < 1.29 is 14.0 Å². The lowest BCUT2D eigenvalue weighted by Gasteiger charge is -2.21. The van der Waals surface area contributed by atoms with Crippen molar-refractivity contribution >= 4 is 17.8 Å². The van der Waals surface area contributed by atoms with Gasteiger partial charge in [-0.05, 0) is 25.1 Å². The van der Waals surface area contributed by atoms with Gasteiger partial charge < -0.3 is 0 Å². The number of nitrogens with one attached hydrogen (secondary N) is 2. The minimum absolute atomic E-state index is 0.0325. The summed E-state index contributed by atoms with van der Waals surface area (Å²) in [4.78, 5) is 28.3. The highest BCUT2D eigenvalue weighted by molar-refractivity contribution is 6.10. The molecule has 2 N–H and O–H groups in total. The van der Waals surface area contributed by atoms with Gasteiger partial charge >= 0.3 is 0 Å². The molecular weight excluding hydrogens is 309 g/mol. The lowest BCUT2D eigenvalue weighted by Crippen LogP contribution is -2.47. The van der Waals surface area contributed by atoms with Crippen LogP contribution < -0.4 is 10.6 Å². The molecule has 24 heavy (non-hydrogen) atoms. The van der Waals surface area contributed by atoms with E-state index in [4.69, 9.17) is 0 Å². The van der Waals surface area contributed by atoms with Gasteiger partial charge in [0.25, 0.3) is 5.91 Å². The molecule has 1 heterocycles. The zero-order valence-electron chi connectivity index (χ0n) is 13.0. The number of aliphatic imine (C=N–C) groups is 1. The maximum Gasteiger partial charge on any atom is 0.257 e. The number of hydrogen-bond donors (Lipinski definition) is 2. The Morgan fingerprint density at radius 2 is 1.92 bits per heavy atom. The highest BCUT2D eigenvalue weighted by Gasteiger charge is 2.25. The number of carbonyl (C=O) groups excluding carboxylic acids is 2. The molecule has 0 fully saturated rings. The lowest BCUT2D eigenvalue weighted by atomic mass is 10.0. The average molecular weight is 325 g/mol. The smallest absolute Gasteiger partial charge is 0.257 e. The average Bonchev–Trinajstić information content (AvgIpc) is 2.55. The maximum absolute atomic E-state index is 13.9. The molecule has 0 aromatic heterocycles. The number of carbonyl (C=O) groups is 2. The monoisotopic (exact) mass is 325 g/mol. The summed E-state index contributed by atoms with van der Waals surface area (Å²) in [6.45, 7) is 1.92. The number of amides is 2. The van der Waals surface area contributed by atoms with E-state index in [0.717, 1.165) is 5.56 Å². The van der Waals surface area contributed by atoms with Crippen LogP contribution in [0.4, 0.5) is 4.39 Å². The van der Waals surface area contributed by atoms with Crippen molar-refractivity contribution in [2.45, 2.75) is 19.4 Å². The van der Waals surface area contributed by atoms with Crippen LogP contribution in [-0.2, 0) is 4.79 Å². The highest BCUT2D eigenvalue weighted by atomic mass is 19.1. The van der Waals surface area contributed by atoms with Crippen LogP contribution in [0.1, 0.15) is 33.9 Å². The summed E-state index contributed by atoms with van der Waals surface area (Å²) in [6, 6.07) is 12.5. The molecule has 1 aliphatic heterocycles. The van der Waals surface area contributed by atoms with Crippen LogP contribution in [0.15, 0.2) is 53.5 Å². The second-order valence-corrected chi connectivity index (χ2v) is 5.59. The molecule has 0 bridgehead atoms. The number of halogens is 1. The van der Waals surface area contributed by atoms with E-state index in [1.165, 1.54) is 6.07 Å². The standard InChI is InChI=1S/C18H16FN3O2/c1-11-6-8-12(9-7-11)17(24)22-18-20-15(10-16(23)21-18)13-4-2-3-5-14(13)19/h2-9,15H,10H2,1H3,(H2,20,21,22,23,24)/t15-/m1/s1. The predicted molar refractivity (Wildman–Crippen MR) is 88.0 cm³/mol. The van der Waals surface area contributed by atoms with E-state index in [0.29, 0.717) is 11.1 Å². The minimum Gasteiger partial charge on any atom is -0.296 e. The van der Waals surface area contributed by atoms with Crippen LogP contribution in [-0.4, -0.2) is 17.8 Å². The third-order valence-electron chi connectivity index (χ3n) is 3.73. The van der Waals surface area contributed by atoms with Crippen LogP contribution >= 0.6 is 0 Å². The van der Waals surface area contributed by atoms with Gasteiger partial charge in [-0.25, -0.2) is 9.38 Å². The molecule has 122 valence electrons. The van der Waals surface area contributed by atoms with Crippen molar-refractivity contribution in [3.05, 3.63) is 71.0 Å². The molecule has 0 saturated carbocycles. The number of guanidine groups is 1. The van der Waals surface area contributed by atoms with Gasteiger partial charge in [0.1, 0.15) is 5.82 Å². The summed E-state index contributed by atoms with van der Waals surface area (Å²) >= 11 is 0. The van der Waals surface area contributed by atoms with E-state index in [2.05, 4.69) is 15.6 Å². The molecule has 2 aromatic carbocycles. The highest BCUT2D eigenvalue weighted by Crippen LogP contribution is 2.25. The summed E-state index contributed by atoms with van der Waals surface area (Å²) in [5.74, 6) is -1.10. The van der Waals surface area contributed by atoms with Gasteiger partial charge in [-0.2, -0.15) is 0 Å². The van der Waals surface area contributed by atoms with E-state index in [1.54, 1.807) is 30.3 Å². The van der Waals surface area contributed by atoms with Gasteiger partial charge in [-0.1, -0.05) is 35.9 Å². The Morgan fingerprint density at radius 1 is 1.21 bits per heavy atom. The molecule has 6 heteroatoms. The molecule has 3 rings (SSSR count). The molecule has 2 aromatic rings. The van der Waals surface area contributed by atoms with Gasteiger partial charge in [-0.3, -0.25) is 20.2 Å². The van der Waals surface area contributed by atoms with Crippen LogP contribution in [0.5, 0.6) is 0 Å². The third-order valence-corrected chi connectivity index (χ3v) is 3.73. The Bertz CT molecular complexity index is 815. The van der Waals surface area contributed by atoms with Crippen molar-refractivity contribution in [3.63, 3.8) is 0 Å². The Morgan fingerprint density at radius 3 is 2.62 bits per heavy atom. The van der Waals surface area contributed by atoms with Crippen LogP contribution in [0.3, 0.4) is 0 Å². The molecule has 0 radical (unpaired) electrons. The summed E-state index contributed by atoms with van der Waals surface area (Å²) in [7, 11) is 0. The number of rotatable bonds is 2. The quantitative estimate of drug-likeness (QED) is 0.890. The van der Waals surface area contributed by atoms with E-state index in [9.17, 15) is 14.0 Å². The summed E-state index contributed by atoms with van der Waals surface area (Å²) < 4.78 is 13.9. The fourth-order valence-corrected chi connectivity index (χ4v) is 2.47. The second kappa shape index (κ2) is 6.62. The van der Waals surface area contributed by atoms with E-state index in [1.807, 2.05) is 19.1 Å². The summed E-state index contributed by atoms with van der Waals surface area (Å²) in [5.41, 5.74) is 1.81. The normalized spacial score (nSPS) is 17.0. The van der Waals surface area contributed by atoms with Crippen LogP contribution in [0, 0.1) is 12.7 Å². The van der Waals surface area contributed by atoms with E-state index in [-0.39, 0.29) is 24.2 Å². The SMILES string of the molecule is Cc1ccc(C(=O)NC2=N[C@@H](c3ccccc3F)CC(=O)N2)cc1. The molecule has 1 atom stereocenters. The predicted octanol–water partition coefficient (Wildman–Crippen LogP) is 2.48. The van der Waals surface area contributed by atoms with Crippen molar-refractivity contribution in [1.29, 1.82) is 0 Å². The topological polar surface area (TPSA) is 70.6 Å². The molecule has 0 unspecified atom stereocenters. The zero-order valence-corrected chi connectivity index (χ0v) is 13.0. The number of aryl methyl sites for hydroxylation is 1. The van der Waals surface area contributed by atoms with Crippen molar-refractivity contribution in [2.75, 3.05) is 0 Å². The number of benzene rings is 2. The van der Waals surface area contributed by atoms with Gasteiger partial charge in [0.15, 0.2) is 0 Å². The van der Waals surface area contributed by atoms with Crippen molar-refractivity contribution in [1.82, 2.24) is 10.6 Å². The van der Waals surface area contributed by atoms with Crippen LogP contribution in [0.25, 0.3) is 0 Å². The Kier molecular flexibility index (Phi) is 4.37. The summed E-state index contributed by atoms with van der Waals surface area (Å²) in [6.07, 6.45) is 0.0326. The number of hydrogen-bond acceptors (Lipinski definition) is 3. The minimum atomic E-state index is -0.659. The Balaban J connectivity index is 1.81. The molecule has 0 saturated heterocycles. The summed E-state index contributed by atoms with van der Waals surface area (Å²) in [5, 5.41) is 5.07. The fraction of sp³-hybridized carbons (Fsp3) is 0.167. The molecule has 2 amide bonds. The van der Waals surface area contributed by atoms with Crippen molar-refractivity contribution in [2.24, 2.45) is 4.99 Å².